The molecule has 0 unspecified atom stereocenters. The fourth-order valence-electron chi connectivity index (χ4n) is 3.78. The average Bonchev–Trinajstić information content (AvgIpc) is 3.25. The van der Waals surface area contributed by atoms with Crippen molar-refractivity contribution < 1.29 is 38.1 Å². The highest BCUT2D eigenvalue weighted by atomic mass is 16.5. The summed E-state index contributed by atoms with van der Waals surface area (Å²) >= 11 is 0. The first-order valence-electron chi connectivity index (χ1n) is 9.73. The number of ketones is 1. The number of ether oxygens (including phenoxy) is 3. The molecule has 0 atom stereocenters. The smallest absolute Gasteiger partial charge is 0.205 e. The van der Waals surface area contributed by atoms with Crippen molar-refractivity contribution in [1.82, 2.24) is 0 Å². The van der Waals surface area contributed by atoms with Gasteiger partial charge in [-0.2, -0.15) is 0 Å². The second-order valence-electron chi connectivity index (χ2n) is 7.09. The van der Waals surface area contributed by atoms with Crippen molar-refractivity contribution >= 4 is 33.8 Å². The van der Waals surface area contributed by atoms with Gasteiger partial charge in [-0.3, -0.25) is 9.59 Å². The summed E-state index contributed by atoms with van der Waals surface area (Å²) in [6, 6.07) is 4.15. The van der Waals surface area contributed by atoms with Gasteiger partial charge in [0, 0.05) is 12.1 Å². The number of methoxy groups -OCH3 is 3. The second kappa shape index (κ2) is 8.27. The van der Waals surface area contributed by atoms with Gasteiger partial charge in [-0.25, -0.2) is 0 Å². The maximum Gasteiger partial charge on any atom is 0.205 e. The maximum atomic E-state index is 13.1. The molecular weight excluding hydrogens is 432 g/mol. The SMILES string of the molecule is COc1c(C(=O)/C=C/c2c(O)cc3oc(C)cc(=O)c3c2OC)c(O)c(OC)c2occc12. The maximum absolute atomic E-state index is 13.1. The topological polar surface area (TPSA) is 129 Å². The van der Waals surface area contributed by atoms with Crippen molar-refractivity contribution in [3.8, 4) is 28.7 Å². The number of rotatable bonds is 6. The minimum absolute atomic E-state index is 0.0216. The van der Waals surface area contributed by atoms with Gasteiger partial charge in [0.05, 0.1) is 38.5 Å². The lowest BCUT2D eigenvalue weighted by atomic mass is 10.0. The molecule has 0 aliphatic rings. The molecule has 0 fully saturated rings. The summed E-state index contributed by atoms with van der Waals surface area (Å²) in [6.45, 7) is 1.61. The summed E-state index contributed by atoms with van der Waals surface area (Å²) in [5.74, 6) is -0.888. The van der Waals surface area contributed by atoms with Crippen molar-refractivity contribution in [2.75, 3.05) is 21.3 Å². The molecule has 2 heterocycles. The van der Waals surface area contributed by atoms with Crippen LogP contribution in [0.3, 0.4) is 0 Å². The van der Waals surface area contributed by atoms with Gasteiger partial charge in [0.2, 0.25) is 5.75 Å². The lowest BCUT2D eigenvalue weighted by Gasteiger charge is -2.13. The van der Waals surface area contributed by atoms with E-state index in [0.29, 0.717) is 11.1 Å². The quantitative estimate of drug-likeness (QED) is 0.327. The predicted molar refractivity (Wildman–Crippen MR) is 120 cm³/mol. The zero-order chi connectivity index (χ0) is 23.9. The molecule has 170 valence electrons. The van der Waals surface area contributed by atoms with Crippen molar-refractivity contribution in [1.29, 1.82) is 0 Å². The molecule has 9 nitrogen and oxygen atoms in total. The number of fused-ring (bicyclic) bond motifs is 2. The van der Waals surface area contributed by atoms with E-state index in [-0.39, 0.29) is 56.1 Å². The molecule has 2 aromatic heterocycles. The molecule has 0 aliphatic heterocycles. The molecule has 0 aliphatic carbocycles. The lowest BCUT2D eigenvalue weighted by molar-refractivity contribution is 0.104. The van der Waals surface area contributed by atoms with Gasteiger partial charge in [0.25, 0.3) is 0 Å². The van der Waals surface area contributed by atoms with E-state index in [1.807, 2.05) is 0 Å². The van der Waals surface area contributed by atoms with E-state index in [1.165, 1.54) is 45.8 Å². The minimum Gasteiger partial charge on any atom is -0.507 e. The molecule has 9 heteroatoms. The van der Waals surface area contributed by atoms with E-state index in [4.69, 9.17) is 23.0 Å². The van der Waals surface area contributed by atoms with Gasteiger partial charge in [0.1, 0.15) is 39.5 Å². The van der Waals surface area contributed by atoms with Crippen LogP contribution >= 0.6 is 0 Å². The summed E-state index contributed by atoms with van der Waals surface area (Å²) in [5, 5.41) is 21.8. The monoisotopic (exact) mass is 452 g/mol. The standard InChI is InChI=1S/C24H20O9/c1-11-9-16(27)18-17(33-11)10-15(26)12(21(18)29-2)5-6-14(25)19-20(28)24(31-4)23-13(7-8-32-23)22(19)30-3/h5-10,26,28H,1-4H3/b6-5+. The second-order valence-corrected chi connectivity index (χ2v) is 7.09. The van der Waals surface area contributed by atoms with Crippen LogP contribution in [-0.4, -0.2) is 37.3 Å². The van der Waals surface area contributed by atoms with E-state index >= 15 is 0 Å². The molecule has 0 amide bonds. The molecule has 2 N–H and O–H groups in total. The van der Waals surface area contributed by atoms with Crippen molar-refractivity contribution in [3.05, 3.63) is 57.6 Å². The van der Waals surface area contributed by atoms with Crippen LogP contribution in [-0.2, 0) is 0 Å². The van der Waals surface area contributed by atoms with E-state index in [2.05, 4.69) is 0 Å². The van der Waals surface area contributed by atoms with Crippen LogP contribution in [0.1, 0.15) is 21.7 Å². The largest absolute Gasteiger partial charge is 0.507 e. The van der Waals surface area contributed by atoms with Crippen molar-refractivity contribution in [3.63, 3.8) is 0 Å². The first kappa shape index (κ1) is 21.8. The highest BCUT2D eigenvalue weighted by molar-refractivity contribution is 6.15. The number of aromatic hydroxyl groups is 2. The number of hydrogen-bond donors (Lipinski definition) is 2. The predicted octanol–water partition coefficient (Wildman–Crippen LogP) is 4.18. The number of benzene rings is 2. The lowest BCUT2D eigenvalue weighted by Crippen LogP contribution is -2.04. The van der Waals surface area contributed by atoms with Crippen LogP contribution in [0.15, 0.2) is 44.2 Å². The Labute approximate surface area is 187 Å². The number of allylic oxidation sites excluding steroid dienone is 1. The Kier molecular flexibility index (Phi) is 5.47. The highest BCUT2D eigenvalue weighted by Crippen LogP contribution is 2.46. The van der Waals surface area contributed by atoms with E-state index in [9.17, 15) is 19.8 Å². The first-order chi connectivity index (χ1) is 15.8. The Morgan fingerprint density at radius 1 is 1.03 bits per heavy atom. The Bertz CT molecular complexity index is 1490. The van der Waals surface area contributed by atoms with Crippen LogP contribution in [0.2, 0.25) is 0 Å². The third-order valence-electron chi connectivity index (χ3n) is 5.17. The number of carbonyl (C=O) groups excluding carboxylic acids is 1. The van der Waals surface area contributed by atoms with Crippen LogP contribution in [0.25, 0.3) is 28.0 Å². The fraction of sp³-hybridized carbons (Fsp3) is 0.167. The number of phenols is 2. The fourth-order valence-corrected chi connectivity index (χ4v) is 3.78. The van der Waals surface area contributed by atoms with Crippen molar-refractivity contribution in [2.45, 2.75) is 6.92 Å². The summed E-state index contributed by atoms with van der Waals surface area (Å²) in [4.78, 5) is 25.6. The minimum atomic E-state index is -0.650. The third-order valence-corrected chi connectivity index (χ3v) is 5.17. The van der Waals surface area contributed by atoms with Gasteiger partial charge < -0.3 is 33.3 Å². The molecule has 4 rings (SSSR count). The Morgan fingerprint density at radius 3 is 2.39 bits per heavy atom. The van der Waals surface area contributed by atoms with Gasteiger partial charge in [0.15, 0.2) is 22.5 Å². The summed E-state index contributed by atoms with van der Waals surface area (Å²) in [6.07, 6.45) is 3.77. The number of aryl methyl sites for hydroxylation is 1. The van der Waals surface area contributed by atoms with E-state index in [1.54, 1.807) is 13.0 Å². The number of carbonyl (C=O) groups is 1. The summed E-state index contributed by atoms with van der Waals surface area (Å²) in [7, 11) is 4.02. The normalized spacial score (nSPS) is 11.4. The van der Waals surface area contributed by atoms with E-state index in [0.717, 1.165) is 6.08 Å². The summed E-state index contributed by atoms with van der Waals surface area (Å²) < 4.78 is 26.8. The molecule has 0 saturated heterocycles. The number of hydrogen-bond acceptors (Lipinski definition) is 9. The Hall–Kier alpha value is -4.40. The third kappa shape index (κ3) is 3.43. The summed E-state index contributed by atoms with van der Waals surface area (Å²) in [5.41, 5.74) is -0.0604. The number of furan rings is 1. The van der Waals surface area contributed by atoms with Crippen LogP contribution in [0, 0.1) is 6.92 Å². The van der Waals surface area contributed by atoms with Gasteiger partial charge in [-0.05, 0) is 25.1 Å². The molecule has 0 spiro atoms. The van der Waals surface area contributed by atoms with Crippen LogP contribution in [0.4, 0.5) is 0 Å². The molecule has 33 heavy (non-hydrogen) atoms. The zero-order valence-corrected chi connectivity index (χ0v) is 18.2. The molecule has 0 radical (unpaired) electrons. The van der Waals surface area contributed by atoms with Crippen LogP contribution in [0.5, 0.6) is 28.7 Å². The Balaban J connectivity index is 1.88. The molecule has 2 aromatic carbocycles. The van der Waals surface area contributed by atoms with Gasteiger partial charge in [-0.1, -0.05) is 0 Å². The first-order valence-corrected chi connectivity index (χ1v) is 9.73. The van der Waals surface area contributed by atoms with E-state index < -0.39 is 11.5 Å². The van der Waals surface area contributed by atoms with Gasteiger partial charge in [-0.15, -0.1) is 0 Å². The van der Waals surface area contributed by atoms with Gasteiger partial charge >= 0.3 is 0 Å². The zero-order valence-electron chi connectivity index (χ0n) is 18.2. The number of phenolic OH excluding ortho intramolecular Hbond substituents is 2. The molecule has 4 aromatic rings. The average molecular weight is 452 g/mol. The molecular formula is C24H20O9. The highest BCUT2D eigenvalue weighted by Gasteiger charge is 2.26. The van der Waals surface area contributed by atoms with Crippen LogP contribution < -0.4 is 19.6 Å². The molecule has 0 bridgehead atoms. The van der Waals surface area contributed by atoms with Crippen molar-refractivity contribution in [2.24, 2.45) is 0 Å². The Morgan fingerprint density at radius 2 is 1.73 bits per heavy atom. The molecule has 0 saturated carbocycles.